The summed E-state index contributed by atoms with van der Waals surface area (Å²) in [7, 11) is 0. The maximum atomic E-state index is 13.0. The zero-order valence-corrected chi connectivity index (χ0v) is 16.2. The lowest BCUT2D eigenvalue weighted by molar-refractivity contribution is -0.147. The first-order valence-electron chi connectivity index (χ1n) is 9.66. The number of likely N-dealkylation sites (tertiary alicyclic amines) is 1. The van der Waals surface area contributed by atoms with E-state index in [-0.39, 0.29) is 37.1 Å². The average Bonchev–Trinajstić information content (AvgIpc) is 2.70. The van der Waals surface area contributed by atoms with Crippen molar-refractivity contribution in [3.8, 4) is 0 Å². The Morgan fingerprint density at radius 2 is 1.82 bits per heavy atom. The summed E-state index contributed by atoms with van der Waals surface area (Å²) >= 11 is 0. The van der Waals surface area contributed by atoms with Crippen LogP contribution in [0.4, 0.5) is 4.39 Å². The van der Waals surface area contributed by atoms with Crippen molar-refractivity contribution in [2.75, 3.05) is 26.2 Å². The molecule has 0 saturated carbocycles. The monoisotopic (exact) mass is 393 g/mol. The molecule has 1 unspecified atom stereocenters. The van der Waals surface area contributed by atoms with Crippen molar-refractivity contribution in [2.45, 2.75) is 45.2 Å². The normalized spacial score (nSPS) is 15.6. The Balaban J connectivity index is 1.95. The number of carbonyl (C=O) groups excluding carboxylic acids is 2. The van der Waals surface area contributed by atoms with Gasteiger partial charge in [0.1, 0.15) is 5.82 Å². The minimum absolute atomic E-state index is 0.138. The van der Waals surface area contributed by atoms with Crippen LogP contribution in [0.3, 0.4) is 0 Å². The van der Waals surface area contributed by atoms with Crippen LogP contribution in [0.25, 0.3) is 0 Å². The van der Waals surface area contributed by atoms with Gasteiger partial charge in [0, 0.05) is 13.1 Å². The van der Waals surface area contributed by atoms with Gasteiger partial charge >= 0.3 is 5.97 Å². The van der Waals surface area contributed by atoms with Gasteiger partial charge in [-0.3, -0.25) is 19.3 Å². The Hall–Kier alpha value is -2.48. The van der Waals surface area contributed by atoms with Crippen LogP contribution in [0.2, 0.25) is 0 Å². The van der Waals surface area contributed by atoms with Gasteiger partial charge in [-0.2, -0.15) is 0 Å². The van der Waals surface area contributed by atoms with Gasteiger partial charge in [-0.05, 0) is 50.6 Å². The third-order valence-corrected chi connectivity index (χ3v) is 4.92. The van der Waals surface area contributed by atoms with Gasteiger partial charge in [-0.15, -0.1) is 0 Å². The van der Waals surface area contributed by atoms with E-state index in [1.165, 1.54) is 17.0 Å². The highest BCUT2D eigenvalue weighted by molar-refractivity contribution is 5.89. The van der Waals surface area contributed by atoms with E-state index in [9.17, 15) is 23.9 Å². The van der Waals surface area contributed by atoms with Gasteiger partial charge in [0.05, 0.1) is 19.0 Å². The van der Waals surface area contributed by atoms with Crippen LogP contribution in [0.15, 0.2) is 24.3 Å². The molecule has 8 heteroatoms. The van der Waals surface area contributed by atoms with Crippen molar-refractivity contribution in [2.24, 2.45) is 0 Å². The number of carboxylic acids is 1. The molecule has 154 valence electrons. The minimum atomic E-state index is -1.03. The number of nitrogens with one attached hydrogen (secondary N) is 1. The fourth-order valence-electron chi connectivity index (χ4n) is 3.36. The van der Waals surface area contributed by atoms with Crippen LogP contribution in [0.1, 0.15) is 38.2 Å². The van der Waals surface area contributed by atoms with Crippen molar-refractivity contribution in [1.29, 1.82) is 0 Å². The summed E-state index contributed by atoms with van der Waals surface area (Å²) in [5.74, 6) is -2.04. The van der Waals surface area contributed by atoms with Crippen molar-refractivity contribution in [3.63, 3.8) is 0 Å². The van der Waals surface area contributed by atoms with Gasteiger partial charge in [0.15, 0.2) is 0 Å². The van der Waals surface area contributed by atoms with E-state index < -0.39 is 12.0 Å². The van der Waals surface area contributed by atoms with Crippen molar-refractivity contribution >= 4 is 17.8 Å². The van der Waals surface area contributed by atoms with E-state index in [0.29, 0.717) is 19.6 Å². The van der Waals surface area contributed by atoms with Crippen LogP contribution in [-0.2, 0) is 20.9 Å². The quantitative estimate of drug-likeness (QED) is 0.665. The summed E-state index contributed by atoms with van der Waals surface area (Å²) in [6.07, 6.45) is 2.68. The van der Waals surface area contributed by atoms with Gasteiger partial charge < -0.3 is 15.3 Å². The van der Waals surface area contributed by atoms with E-state index in [1.807, 2.05) is 4.90 Å². The van der Waals surface area contributed by atoms with E-state index in [2.05, 4.69) is 5.32 Å². The lowest BCUT2D eigenvalue weighted by atomic mass is 10.0. The number of hydrogen-bond acceptors (Lipinski definition) is 4. The number of hydrogen-bond donors (Lipinski definition) is 2. The summed E-state index contributed by atoms with van der Waals surface area (Å²) < 4.78 is 12.9. The number of carbonyl (C=O) groups is 3. The lowest BCUT2D eigenvalue weighted by Gasteiger charge is -2.35. The summed E-state index contributed by atoms with van der Waals surface area (Å²) in [5, 5.41) is 11.9. The first-order chi connectivity index (χ1) is 13.4. The minimum Gasteiger partial charge on any atom is -0.481 e. The molecule has 1 heterocycles. The average molecular weight is 393 g/mol. The van der Waals surface area contributed by atoms with Crippen LogP contribution in [0.5, 0.6) is 0 Å². The maximum absolute atomic E-state index is 13.0. The molecule has 1 atom stereocenters. The van der Waals surface area contributed by atoms with Gasteiger partial charge in [-0.25, -0.2) is 4.39 Å². The summed E-state index contributed by atoms with van der Waals surface area (Å²) in [4.78, 5) is 39.8. The zero-order chi connectivity index (χ0) is 20.5. The molecule has 0 aromatic heterocycles. The highest BCUT2D eigenvalue weighted by Crippen LogP contribution is 2.16. The topological polar surface area (TPSA) is 90.0 Å². The second-order valence-electron chi connectivity index (χ2n) is 6.97. The third-order valence-electron chi connectivity index (χ3n) is 4.92. The molecule has 0 bridgehead atoms. The molecule has 0 aliphatic carbocycles. The van der Waals surface area contributed by atoms with Crippen LogP contribution < -0.4 is 5.32 Å². The Labute approximate surface area is 164 Å². The Morgan fingerprint density at radius 1 is 1.18 bits per heavy atom. The molecule has 1 fully saturated rings. The van der Waals surface area contributed by atoms with Crippen molar-refractivity contribution in [1.82, 2.24) is 15.1 Å². The predicted octanol–water partition coefficient (Wildman–Crippen LogP) is 1.62. The largest absolute Gasteiger partial charge is 0.481 e. The van der Waals surface area contributed by atoms with Crippen LogP contribution >= 0.6 is 0 Å². The maximum Gasteiger partial charge on any atom is 0.305 e. The highest BCUT2D eigenvalue weighted by Gasteiger charge is 2.32. The summed E-state index contributed by atoms with van der Waals surface area (Å²) in [5.41, 5.74) is 0.751. The molecule has 28 heavy (non-hydrogen) atoms. The van der Waals surface area contributed by atoms with E-state index >= 15 is 0 Å². The highest BCUT2D eigenvalue weighted by atomic mass is 19.1. The van der Waals surface area contributed by atoms with Crippen molar-refractivity contribution < 1.29 is 23.9 Å². The molecule has 2 amide bonds. The number of rotatable bonds is 9. The van der Waals surface area contributed by atoms with E-state index in [1.54, 1.807) is 19.1 Å². The number of halogens is 1. The Kier molecular flexibility index (Phi) is 8.38. The first kappa shape index (κ1) is 21.8. The lowest BCUT2D eigenvalue weighted by Crippen LogP contribution is -2.53. The SMILES string of the molecule is CCN(CC(=O)NCc1ccc(F)cc1)C(=O)C(CC(=O)O)N1CCCCC1. The molecule has 0 spiro atoms. The fourth-order valence-corrected chi connectivity index (χ4v) is 3.36. The van der Waals surface area contributed by atoms with E-state index in [4.69, 9.17) is 0 Å². The van der Waals surface area contributed by atoms with Gasteiger partial charge in [0.25, 0.3) is 0 Å². The number of piperidine rings is 1. The zero-order valence-electron chi connectivity index (χ0n) is 16.2. The van der Waals surface area contributed by atoms with Gasteiger partial charge in [0.2, 0.25) is 11.8 Å². The smallest absolute Gasteiger partial charge is 0.305 e. The second-order valence-corrected chi connectivity index (χ2v) is 6.97. The molecule has 0 radical (unpaired) electrons. The number of nitrogens with zero attached hydrogens (tertiary/aromatic N) is 2. The summed E-state index contributed by atoms with van der Waals surface area (Å²) in [6.45, 7) is 3.55. The molecule has 1 saturated heterocycles. The molecule has 1 aromatic rings. The van der Waals surface area contributed by atoms with E-state index in [0.717, 1.165) is 24.8 Å². The number of aliphatic carboxylic acids is 1. The molecule has 1 aliphatic heterocycles. The number of amides is 2. The molecular formula is C20H28FN3O4. The second kappa shape index (κ2) is 10.8. The van der Waals surface area contributed by atoms with Gasteiger partial charge in [-0.1, -0.05) is 18.6 Å². The van der Waals surface area contributed by atoms with Crippen LogP contribution in [0, 0.1) is 5.82 Å². The Morgan fingerprint density at radius 3 is 2.39 bits per heavy atom. The molecule has 1 aliphatic rings. The molecule has 2 N–H and O–H groups in total. The predicted molar refractivity (Wildman–Crippen MR) is 102 cm³/mol. The van der Waals surface area contributed by atoms with Crippen LogP contribution in [-0.4, -0.2) is 64.9 Å². The number of carboxylic acid groups (broad SMARTS) is 1. The summed E-state index contributed by atoms with van der Waals surface area (Å²) in [6, 6.07) is 5.05. The number of benzene rings is 1. The molecule has 1 aromatic carbocycles. The molecule has 2 rings (SSSR count). The Bertz CT molecular complexity index is 675. The fraction of sp³-hybridized carbons (Fsp3) is 0.550. The third kappa shape index (κ3) is 6.60. The standard InChI is InChI=1S/C20H28FN3O4/c1-2-23(14-18(25)22-13-15-6-8-16(21)9-7-15)20(28)17(12-19(26)27)24-10-4-3-5-11-24/h6-9,17H,2-5,10-14H2,1H3,(H,22,25)(H,26,27). The first-order valence-corrected chi connectivity index (χ1v) is 9.66. The molecule has 7 nitrogen and oxygen atoms in total. The van der Waals surface area contributed by atoms with Crippen molar-refractivity contribution in [3.05, 3.63) is 35.6 Å². The molecular weight excluding hydrogens is 365 g/mol. The number of likely N-dealkylation sites (N-methyl/N-ethyl adjacent to an activating group) is 1.